The van der Waals surface area contributed by atoms with Crippen molar-refractivity contribution in [3.8, 4) is 0 Å². The van der Waals surface area contributed by atoms with E-state index in [1.54, 1.807) is 7.05 Å². The monoisotopic (exact) mass is 419 g/mol. The van der Waals surface area contributed by atoms with E-state index in [-0.39, 0.29) is 24.0 Å². The summed E-state index contributed by atoms with van der Waals surface area (Å²) in [6.07, 6.45) is 2.72. The van der Waals surface area contributed by atoms with Crippen molar-refractivity contribution in [1.29, 1.82) is 0 Å². The van der Waals surface area contributed by atoms with E-state index in [0.29, 0.717) is 0 Å². The van der Waals surface area contributed by atoms with E-state index >= 15 is 0 Å². The van der Waals surface area contributed by atoms with Crippen molar-refractivity contribution < 1.29 is 4.74 Å². The normalized spacial score (nSPS) is 16.0. The molecule has 1 aliphatic rings. The van der Waals surface area contributed by atoms with Gasteiger partial charge in [-0.25, -0.2) is 0 Å². The van der Waals surface area contributed by atoms with Crippen LogP contribution in [0.3, 0.4) is 0 Å². The lowest BCUT2D eigenvalue weighted by molar-refractivity contribution is 0.0389. The average Bonchev–Trinajstić information content (AvgIpc) is 2.55. The number of pyridine rings is 1. The molecule has 2 rings (SSSR count). The summed E-state index contributed by atoms with van der Waals surface area (Å²) in [7, 11) is 1.80. The fourth-order valence-electron chi connectivity index (χ4n) is 2.23. The Morgan fingerprint density at radius 3 is 2.73 bits per heavy atom. The second kappa shape index (κ2) is 11.6. The van der Waals surface area contributed by atoms with Crippen LogP contribution in [0.1, 0.15) is 5.69 Å². The van der Waals surface area contributed by atoms with Crippen LogP contribution in [0, 0.1) is 0 Å². The predicted octanol–water partition coefficient (Wildman–Crippen LogP) is 0.739. The highest BCUT2D eigenvalue weighted by molar-refractivity contribution is 14.0. The van der Waals surface area contributed by atoms with Crippen molar-refractivity contribution in [2.24, 2.45) is 4.99 Å². The number of ether oxygens (including phenoxy) is 1. The maximum atomic E-state index is 5.34. The Morgan fingerprint density at radius 1 is 1.27 bits per heavy atom. The van der Waals surface area contributed by atoms with E-state index < -0.39 is 0 Å². The molecule has 1 aliphatic heterocycles. The highest BCUT2D eigenvalue weighted by Gasteiger charge is 2.09. The molecule has 2 N–H and O–H groups in total. The standard InChI is InChI=1S/C15H25N5O.HI/c1-16-15(18-7-5-14-4-2-3-6-17-14)19-8-9-20-10-12-21-13-11-20;/h2-4,6H,5,7-13H2,1H3,(H2,16,18,19);1H. The van der Waals surface area contributed by atoms with Gasteiger partial charge in [0, 0.05) is 58.1 Å². The number of hydrogen-bond acceptors (Lipinski definition) is 4. The number of aliphatic imine (C=N–C) groups is 1. The first-order valence-corrected chi connectivity index (χ1v) is 7.53. The van der Waals surface area contributed by atoms with Crippen molar-refractivity contribution >= 4 is 29.9 Å². The number of nitrogens with zero attached hydrogens (tertiary/aromatic N) is 3. The van der Waals surface area contributed by atoms with Gasteiger partial charge in [-0.15, -0.1) is 24.0 Å². The van der Waals surface area contributed by atoms with Gasteiger partial charge in [0.25, 0.3) is 0 Å². The van der Waals surface area contributed by atoms with Gasteiger partial charge in [-0.2, -0.15) is 0 Å². The first-order valence-electron chi connectivity index (χ1n) is 7.53. The molecule has 2 heterocycles. The third-order valence-electron chi connectivity index (χ3n) is 3.45. The van der Waals surface area contributed by atoms with Gasteiger partial charge in [0.15, 0.2) is 5.96 Å². The van der Waals surface area contributed by atoms with E-state index in [1.807, 2.05) is 24.4 Å². The Bertz CT molecular complexity index is 423. The van der Waals surface area contributed by atoms with Crippen LogP contribution >= 0.6 is 24.0 Å². The molecule has 0 radical (unpaired) electrons. The van der Waals surface area contributed by atoms with Crippen LogP contribution in [-0.4, -0.2) is 68.8 Å². The summed E-state index contributed by atoms with van der Waals surface area (Å²) in [5, 5.41) is 6.65. The summed E-state index contributed by atoms with van der Waals surface area (Å²) in [5.41, 5.74) is 1.09. The molecule has 1 aromatic heterocycles. The van der Waals surface area contributed by atoms with Gasteiger partial charge in [0.2, 0.25) is 0 Å². The van der Waals surface area contributed by atoms with Crippen molar-refractivity contribution in [2.75, 3.05) is 53.0 Å². The number of aromatic nitrogens is 1. The molecule has 1 saturated heterocycles. The van der Waals surface area contributed by atoms with Crippen LogP contribution in [0.2, 0.25) is 0 Å². The van der Waals surface area contributed by atoms with Gasteiger partial charge in [-0.3, -0.25) is 14.9 Å². The highest BCUT2D eigenvalue weighted by Crippen LogP contribution is 1.95. The molecule has 124 valence electrons. The molecule has 0 spiro atoms. The van der Waals surface area contributed by atoms with Gasteiger partial charge >= 0.3 is 0 Å². The van der Waals surface area contributed by atoms with Crippen molar-refractivity contribution in [1.82, 2.24) is 20.5 Å². The number of nitrogens with one attached hydrogen (secondary N) is 2. The highest BCUT2D eigenvalue weighted by atomic mass is 127. The summed E-state index contributed by atoms with van der Waals surface area (Å²) >= 11 is 0. The van der Waals surface area contributed by atoms with E-state index in [4.69, 9.17) is 4.74 Å². The zero-order chi connectivity index (χ0) is 14.8. The van der Waals surface area contributed by atoms with Gasteiger partial charge in [0.1, 0.15) is 0 Å². The molecular formula is C15H26IN5O. The minimum atomic E-state index is 0. The van der Waals surface area contributed by atoms with Crippen molar-refractivity contribution in [3.05, 3.63) is 30.1 Å². The average molecular weight is 419 g/mol. The second-order valence-corrected chi connectivity index (χ2v) is 4.95. The fourth-order valence-corrected chi connectivity index (χ4v) is 2.23. The third kappa shape index (κ3) is 7.37. The van der Waals surface area contributed by atoms with Crippen LogP contribution in [-0.2, 0) is 11.2 Å². The molecule has 0 unspecified atom stereocenters. The summed E-state index contributed by atoms with van der Waals surface area (Å²) in [6, 6.07) is 5.98. The van der Waals surface area contributed by atoms with E-state index in [1.165, 1.54) is 0 Å². The SMILES string of the molecule is CN=C(NCCc1ccccn1)NCCN1CCOCC1.I. The number of rotatable bonds is 6. The first-order chi connectivity index (χ1) is 10.4. The van der Waals surface area contributed by atoms with Crippen LogP contribution < -0.4 is 10.6 Å². The predicted molar refractivity (Wildman–Crippen MR) is 100.0 cm³/mol. The van der Waals surface area contributed by atoms with Crippen molar-refractivity contribution in [2.45, 2.75) is 6.42 Å². The van der Waals surface area contributed by atoms with Gasteiger partial charge in [-0.05, 0) is 12.1 Å². The zero-order valence-corrected chi connectivity index (χ0v) is 15.5. The summed E-state index contributed by atoms with van der Waals surface area (Å²) in [6.45, 7) is 6.47. The Morgan fingerprint density at radius 2 is 2.05 bits per heavy atom. The van der Waals surface area contributed by atoms with Crippen LogP contribution in [0.25, 0.3) is 0 Å². The van der Waals surface area contributed by atoms with Crippen LogP contribution in [0.5, 0.6) is 0 Å². The lowest BCUT2D eigenvalue weighted by Crippen LogP contribution is -2.44. The fraction of sp³-hybridized carbons (Fsp3) is 0.600. The largest absolute Gasteiger partial charge is 0.379 e. The van der Waals surface area contributed by atoms with Gasteiger partial charge in [-0.1, -0.05) is 6.07 Å². The molecule has 0 amide bonds. The minimum absolute atomic E-state index is 0. The molecule has 7 heteroatoms. The lowest BCUT2D eigenvalue weighted by Gasteiger charge is -2.26. The lowest BCUT2D eigenvalue weighted by atomic mass is 10.3. The Labute approximate surface area is 149 Å². The van der Waals surface area contributed by atoms with Crippen LogP contribution in [0.4, 0.5) is 0 Å². The van der Waals surface area contributed by atoms with Gasteiger partial charge < -0.3 is 15.4 Å². The maximum absolute atomic E-state index is 5.34. The molecule has 22 heavy (non-hydrogen) atoms. The summed E-state index contributed by atoms with van der Waals surface area (Å²) in [4.78, 5) is 10.9. The number of guanidine groups is 1. The molecular weight excluding hydrogens is 393 g/mol. The molecule has 0 aromatic carbocycles. The minimum Gasteiger partial charge on any atom is -0.379 e. The third-order valence-corrected chi connectivity index (χ3v) is 3.45. The maximum Gasteiger partial charge on any atom is 0.191 e. The summed E-state index contributed by atoms with van der Waals surface area (Å²) in [5.74, 6) is 0.846. The summed E-state index contributed by atoms with van der Waals surface area (Å²) < 4.78 is 5.34. The van der Waals surface area contributed by atoms with E-state index in [9.17, 15) is 0 Å². The Hall–Kier alpha value is -0.930. The molecule has 0 aliphatic carbocycles. The molecule has 1 fully saturated rings. The van der Waals surface area contributed by atoms with E-state index in [2.05, 4.69) is 25.5 Å². The molecule has 1 aromatic rings. The Kier molecular flexibility index (Phi) is 10.1. The van der Waals surface area contributed by atoms with E-state index in [0.717, 1.165) is 64.0 Å². The zero-order valence-electron chi connectivity index (χ0n) is 13.1. The quantitative estimate of drug-likeness (QED) is 0.405. The molecule has 6 nitrogen and oxygen atoms in total. The number of hydrogen-bond donors (Lipinski definition) is 2. The second-order valence-electron chi connectivity index (χ2n) is 4.95. The topological polar surface area (TPSA) is 61.8 Å². The van der Waals surface area contributed by atoms with Gasteiger partial charge in [0.05, 0.1) is 13.2 Å². The van der Waals surface area contributed by atoms with Crippen molar-refractivity contribution in [3.63, 3.8) is 0 Å². The number of morpholine rings is 1. The molecule has 0 saturated carbocycles. The first kappa shape index (κ1) is 19.1. The van der Waals surface area contributed by atoms with Crippen LogP contribution in [0.15, 0.2) is 29.4 Å². The molecule has 0 bridgehead atoms. The number of halogens is 1. The smallest absolute Gasteiger partial charge is 0.191 e. The Balaban J connectivity index is 0.00000242. The molecule has 0 atom stereocenters.